The maximum atomic E-state index is 5.11. The van der Waals surface area contributed by atoms with Crippen molar-refractivity contribution in [2.75, 3.05) is 7.05 Å². The van der Waals surface area contributed by atoms with Crippen LogP contribution in [0.1, 0.15) is 0 Å². The standard InChI is InChI=1S/C4H9N3/c1-3-6-4-7(2)5/h3-4H,1,5H2,2H3. The van der Waals surface area contributed by atoms with Crippen molar-refractivity contribution in [1.82, 2.24) is 5.01 Å². The summed E-state index contributed by atoms with van der Waals surface area (Å²) in [5.41, 5.74) is 0. The molecule has 40 valence electrons. The number of nitrogens with two attached hydrogens (primary N) is 1. The molecule has 0 aromatic carbocycles. The van der Waals surface area contributed by atoms with E-state index in [1.165, 1.54) is 17.5 Å². The molecule has 0 amide bonds. The lowest BCUT2D eigenvalue weighted by Crippen LogP contribution is -2.23. The molecule has 0 aliphatic carbocycles. The summed E-state index contributed by atoms with van der Waals surface area (Å²) in [5, 5.41) is 1.35. The first kappa shape index (κ1) is 6.17. The van der Waals surface area contributed by atoms with Gasteiger partial charge < -0.3 is 5.01 Å². The highest BCUT2D eigenvalue weighted by molar-refractivity contribution is 5.53. The van der Waals surface area contributed by atoms with Crippen LogP contribution < -0.4 is 5.84 Å². The van der Waals surface area contributed by atoms with Crippen molar-refractivity contribution in [3.05, 3.63) is 12.8 Å². The van der Waals surface area contributed by atoms with E-state index in [1.54, 1.807) is 7.05 Å². The molecule has 0 bridgehead atoms. The summed E-state index contributed by atoms with van der Waals surface area (Å²) >= 11 is 0. The summed E-state index contributed by atoms with van der Waals surface area (Å²) < 4.78 is 0. The highest BCUT2D eigenvalue weighted by atomic mass is 15.4. The van der Waals surface area contributed by atoms with Crippen LogP contribution in [0, 0.1) is 0 Å². The molecule has 0 heterocycles. The molecule has 0 spiro atoms. The summed E-state index contributed by atoms with van der Waals surface area (Å²) in [4.78, 5) is 3.61. The van der Waals surface area contributed by atoms with Gasteiger partial charge in [0.25, 0.3) is 0 Å². The van der Waals surface area contributed by atoms with E-state index in [0.717, 1.165) is 0 Å². The number of hydrogen-bond acceptors (Lipinski definition) is 2. The first-order valence-corrected chi connectivity index (χ1v) is 1.89. The second-order valence-corrected chi connectivity index (χ2v) is 1.11. The van der Waals surface area contributed by atoms with E-state index in [9.17, 15) is 0 Å². The van der Waals surface area contributed by atoms with Crippen LogP contribution in [0.2, 0.25) is 0 Å². The molecule has 2 N–H and O–H groups in total. The molecule has 0 fully saturated rings. The Bertz CT molecular complexity index is 75.0. The predicted octanol–water partition coefficient (Wildman–Crippen LogP) is -0.0363. The maximum absolute atomic E-state index is 5.11. The molecule has 7 heavy (non-hydrogen) atoms. The average Bonchev–Trinajstić information content (AvgIpc) is 1.61. The van der Waals surface area contributed by atoms with Crippen LogP contribution >= 0.6 is 0 Å². The summed E-state index contributed by atoms with van der Waals surface area (Å²) in [5.74, 6) is 5.11. The third-order valence-electron chi connectivity index (χ3n) is 0.354. The van der Waals surface area contributed by atoms with Gasteiger partial charge in [0.2, 0.25) is 0 Å². The van der Waals surface area contributed by atoms with Gasteiger partial charge in [0.05, 0.1) is 0 Å². The highest BCUT2D eigenvalue weighted by Gasteiger charge is 1.68. The minimum absolute atomic E-state index is 1.35. The molecule has 0 atom stereocenters. The third kappa shape index (κ3) is 5.17. The number of rotatable bonds is 2. The fourth-order valence-electron chi connectivity index (χ4n) is 0.152. The van der Waals surface area contributed by atoms with Gasteiger partial charge in [-0.15, -0.1) is 0 Å². The molecular formula is C4H9N3. The van der Waals surface area contributed by atoms with Crippen molar-refractivity contribution in [2.45, 2.75) is 0 Å². The van der Waals surface area contributed by atoms with Gasteiger partial charge in [-0.2, -0.15) is 0 Å². The fourth-order valence-corrected chi connectivity index (χ4v) is 0.152. The largest absolute Gasteiger partial charge is 0.304 e. The van der Waals surface area contributed by atoms with E-state index in [0.29, 0.717) is 0 Å². The zero-order chi connectivity index (χ0) is 5.70. The number of hydrazine groups is 1. The Morgan fingerprint density at radius 1 is 1.86 bits per heavy atom. The van der Waals surface area contributed by atoms with E-state index in [4.69, 9.17) is 5.84 Å². The molecule has 0 aliphatic heterocycles. The molecule has 0 saturated carbocycles. The lowest BCUT2D eigenvalue weighted by molar-refractivity contribution is 0.556. The molecule has 0 saturated heterocycles. The van der Waals surface area contributed by atoms with Gasteiger partial charge in [-0.3, -0.25) is 0 Å². The van der Waals surface area contributed by atoms with E-state index in [2.05, 4.69) is 11.6 Å². The molecule has 0 aliphatic rings. The Balaban J connectivity index is 3.25. The summed E-state index contributed by atoms with van der Waals surface area (Å²) in [6, 6.07) is 0. The first-order chi connectivity index (χ1) is 3.27. The van der Waals surface area contributed by atoms with Crippen molar-refractivity contribution in [2.24, 2.45) is 10.8 Å². The summed E-state index contributed by atoms with van der Waals surface area (Å²) in [6.45, 7) is 3.35. The maximum Gasteiger partial charge on any atom is 0.104 e. The van der Waals surface area contributed by atoms with Crippen molar-refractivity contribution in [3.8, 4) is 0 Å². The SMILES string of the molecule is C=CN=CN(C)N. The number of hydrogen-bond donors (Lipinski definition) is 1. The molecule has 0 radical (unpaired) electrons. The van der Waals surface area contributed by atoms with E-state index < -0.39 is 0 Å². The molecule has 3 nitrogen and oxygen atoms in total. The van der Waals surface area contributed by atoms with Gasteiger partial charge in [0.1, 0.15) is 6.34 Å². The number of nitrogens with zero attached hydrogens (tertiary/aromatic N) is 2. The Morgan fingerprint density at radius 3 is 2.57 bits per heavy atom. The summed E-state index contributed by atoms with van der Waals surface area (Å²) in [7, 11) is 1.69. The lowest BCUT2D eigenvalue weighted by atomic mass is 11.0. The second-order valence-electron chi connectivity index (χ2n) is 1.11. The third-order valence-corrected chi connectivity index (χ3v) is 0.354. The van der Waals surface area contributed by atoms with Crippen LogP contribution in [-0.2, 0) is 0 Å². The molecule has 3 heteroatoms. The minimum atomic E-state index is 1.35. The molecule has 0 rings (SSSR count). The Kier molecular flexibility index (Phi) is 2.96. The van der Waals surface area contributed by atoms with Crippen molar-refractivity contribution in [1.29, 1.82) is 0 Å². The topological polar surface area (TPSA) is 41.6 Å². The smallest absolute Gasteiger partial charge is 0.104 e. The zero-order valence-electron chi connectivity index (χ0n) is 4.33. The highest BCUT2D eigenvalue weighted by Crippen LogP contribution is 1.62. The Labute approximate surface area is 43.1 Å². The van der Waals surface area contributed by atoms with Gasteiger partial charge in [0.15, 0.2) is 0 Å². The first-order valence-electron chi connectivity index (χ1n) is 1.89. The van der Waals surface area contributed by atoms with Crippen LogP contribution in [0.4, 0.5) is 0 Å². The van der Waals surface area contributed by atoms with Crippen molar-refractivity contribution >= 4 is 6.34 Å². The quantitative estimate of drug-likeness (QED) is 0.228. The normalized spacial score (nSPS) is 9.43. The summed E-state index contributed by atoms with van der Waals surface area (Å²) in [6.07, 6.45) is 2.89. The predicted molar refractivity (Wildman–Crippen MR) is 30.6 cm³/mol. The van der Waals surface area contributed by atoms with Gasteiger partial charge in [-0.05, 0) is 0 Å². The Hall–Kier alpha value is -0.830. The fraction of sp³-hybridized carbons (Fsp3) is 0.250. The van der Waals surface area contributed by atoms with Crippen molar-refractivity contribution in [3.63, 3.8) is 0 Å². The number of aliphatic imine (C=N–C) groups is 1. The van der Waals surface area contributed by atoms with Gasteiger partial charge in [-0.25, -0.2) is 10.8 Å². The van der Waals surface area contributed by atoms with Crippen LogP contribution in [0.5, 0.6) is 0 Å². The molecular weight excluding hydrogens is 90.1 g/mol. The second kappa shape index (κ2) is 3.36. The van der Waals surface area contributed by atoms with Crippen LogP contribution in [-0.4, -0.2) is 18.4 Å². The Morgan fingerprint density at radius 2 is 2.43 bits per heavy atom. The zero-order valence-corrected chi connectivity index (χ0v) is 4.33. The van der Waals surface area contributed by atoms with Gasteiger partial charge >= 0.3 is 0 Å². The van der Waals surface area contributed by atoms with Gasteiger partial charge in [-0.1, -0.05) is 6.58 Å². The van der Waals surface area contributed by atoms with E-state index >= 15 is 0 Å². The molecule has 0 aromatic rings. The van der Waals surface area contributed by atoms with Crippen LogP contribution in [0.25, 0.3) is 0 Å². The lowest BCUT2D eigenvalue weighted by Gasteiger charge is -1.98. The van der Waals surface area contributed by atoms with E-state index in [-0.39, 0.29) is 0 Å². The molecule has 0 aromatic heterocycles. The van der Waals surface area contributed by atoms with Crippen LogP contribution in [0.15, 0.2) is 17.8 Å². The van der Waals surface area contributed by atoms with E-state index in [1.807, 2.05) is 0 Å². The van der Waals surface area contributed by atoms with Crippen molar-refractivity contribution < 1.29 is 0 Å². The average molecular weight is 99.1 g/mol. The van der Waals surface area contributed by atoms with Gasteiger partial charge in [0, 0.05) is 13.2 Å². The monoisotopic (exact) mass is 99.1 g/mol. The van der Waals surface area contributed by atoms with Crippen LogP contribution in [0.3, 0.4) is 0 Å². The minimum Gasteiger partial charge on any atom is -0.304 e. The molecule has 0 unspecified atom stereocenters.